The number of nitro groups is 1. The summed E-state index contributed by atoms with van der Waals surface area (Å²) in [7, 11) is 0. The topological polar surface area (TPSA) is 68.1 Å². The Bertz CT molecular complexity index is 506. The lowest BCUT2D eigenvalue weighted by atomic mass is 10.3. The molecule has 2 aromatic heterocycles. The molecule has 0 saturated carbocycles. The highest BCUT2D eigenvalue weighted by molar-refractivity contribution is 7.19. The molecular formula is C9H9N3O2S2. The number of anilines is 1. The Labute approximate surface area is 99.9 Å². The molecule has 5 nitrogen and oxygen atoms in total. The highest BCUT2D eigenvalue weighted by atomic mass is 32.1. The number of thiophene rings is 1. The predicted molar refractivity (Wildman–Crippen MR) is 66.2 cm³/mol. The number of nitrogens with zero attached hydrogens (tertiary/aromatic N) is 2. The summed E-state index contributed by atoms with van der Waals surface area (Å²) in [5.41, 5.74) is 0.860. The van der Waals surface area contributed by atoms with Crippen LogP contribution in [-0.2, 0) is 0 Å². The summed E-state index contributed by atoms with van der Waals surface area (Å²) < 4.78 is 0. The molecule has 1 N–H and O–H groups in total. The largest absolute Gasteiger partial charge is 0.362 e. The summed E-state index contributed by atoms with van der Waals surface area (Å²) in [4.78, 5) is 15.3. The number of hydrogen-bond acceptors (Lipinski definition) is 6. The Morgan fingerprint density at radius 1 is 1.62 bits per heavy atom. The van der Waals surface area contributed by atoms with Gasteiger partial charge in [0, 0.05) is 29.8 Å². The molecule has 0 amide bonds. The molecule has 2 aromatic rings. The van der Waals surface area contributed by atoms with Crippen molar-refractivity contribution in [2.45, 2.75) is 6.92 Å². The summed E-state index contributed by atoms with van der Waals surface area (Å²) in [6, 6.07) is 1.58. The lowest BCUT2D eigenvalue weighted by molar-refractivity contribution is -0.380. The first-order valence-corrected chi connectivity index (χ1v) is 6.33. The van der Waals surface area contributed by atoms with Crippen LogP contribution in [0.3, 0.4) is 0 Å². The minimum Gasteiger partial charge on any atom is -0.362 e. The first-order chi connectivity index (χ1) is 7.70. The molecule has 0 fully saturated rings. The lowest BCUT2D eigenvalue weighted by Gasteiger charge is -1.93. The van der Waals surface area contributed by atoms with E-state index in [1.807, 2.05) is 6.92 Å². The van der Waals surface area contributed by atoms with Crippen LogP contribution in [0.4, 0.5) is 10.1 Å². The van der Waals surface area contributed by atoms with Crippen molar-refractivity contribution in [1.82, 2.24) is 4.98 Å². The van der Waals surface area contributed by atoms with E-state index in [0.717, 1.165) is 33.5 Å². The summed E-state index contributed by atoms with van der Waals surface area (Å²) in [5.74, 6) is 0. The summed E-state index contributed by atoms with van der Waals surface area (Å²) >= 11 is 2.63. The van der Waals surface area contributed by atoms with Gasteiger partial charge in [0.15, 0.2) is 5.13 Å². The van der Waals surface area contributed by atoms with E-state index in [1.54, 1.807) is 17.6 Å². The molecular weight excluding hydrogens is 246 g/mol. The van der Waals surface area contributed by atoms with Gasteiger partial charge in [-0.1, -0.05) is 22.7 Å². The first-order valence-electron chi connectivity index (χ1n) is 4.63. The maximum atomic E-state index is 10.5. The van der Waals surface area contributed by atoms with Crippen molar-refractivity contribution in [2.24, 2.45) is 0 Å². The van der Waals surface area contributed by atoms with Crippen LogP contribution in [0.15, 0.2) is 17.6 Å². The van der Waals surface area contributed by atoms with Gasteiger partial charge in [-0.2, -0.15) is 0 Å². The molecule has 2 heterocycles. The highest BCUT2D eigenvalue weighted by Gasteiger charge is 2.12. The standard InChI is InChI=1S/C9H9N3O2S2/c1-2-10-9-11-4-7(16-9)6-3-8(12(13)14)15-5-6/h3-5H,2H2,1H3,(H,10,11). The van der Waals surface area contributed by atoms with E-state index >= 15 is 0 Å². The number of aromatic nitrogens is 1. The molecule has 7 heteroatoms. The van der Waals surface area contributed by atoms with Crippen molar-refractivity contribution in [2.75, 3.05) is 11.9 Å². The van der Waals surface area contributed by atoms with Gasteiger partial charge < -0.3 is 5.32 Å². The number of nitrogens with one attached hydrogen (secondary N) is 1. The summed E-state index contributed by atoms with van der Waals surface area (Å²) in [6.07, 6.45) is 1.73. The molecule has 0 saturated heterocycles. The fraction of sp³-hybridized carbons (Fsp3) is 0.222. The molecule has 0 aliphatic carbocycles. The van der Waals surface area contributed by atoms with Crippen molar-refractivity contribution in [3.63, 3.8) is 0 Å². The van der Waals surface area contributed by atoms with Gasteiger partial charge in [0.25, 0.3) is 0 Å². The second kappa shape index (κ2) is 4.58. The molecule has 0 atom stereocenters. The molecule has 0 spiro atoms. The van der Waals surface area contributed by atoms with E-state index in [2.05, 4.69) is 10.3 Å². The zero-order chi connectivity index (χ0) is 11.5. The van der Waals surface area contributed by atoms with Crippen LogP contribution in [-0.4, -0.2) is 16.5 Å². The normalized spacial score (nSPS) is 10.3. The lowest BCUT2D eigenvalue weighted by Crippen LogP contribution is -1.94. The van der Waals surface area contributed by atoms with Crippen LogP contribution in [0.5, 0.6) is 0 Å². The average Bonchev–Trinajstić information content (AvgIpc) is 2.84. The monoisotopic (exact) mass is 255 g/mol. The first kappa shape index (κ1) is 11.0. The van der Waals surface area contributed by atoms with E-state index in [0.29, 0.717) is 0 Å². The van der Waals surface area contributed by atoms with E-state index in [4.69, 9.17) is 0 Å². The maximum absolute atomic E-state index is 10.5. The Kier molecular flexibility index (Phi) is 3.16. The highest BCUT2D eigenvalue weighted by Crippen LogP contribution is 2.34. The van der Waals surface area contributed by atoms with Gasteiger partial charge >= 0.3 is 5.00 Å². The van der Waals surface area contributed by atoms with E-state index in [1.165, 1.54) is 11.3 Å². The molecule has 0 radical (unpaired) electrons. The van der Waals surface area contributed by atoms with Crippen molar-refractivity contribution < 1.29 is 4.92 Å². The van der Waals surface area contributed by atoms with Crippen LogP contribution in [0.1, 0.15) is 6.92 Å². The number of rotatable bonds is 4. The van der Waals surface area contributed by atoms with Gasteiger partial charge in [-0.25, -0.2) is 4.98 Å². The van der Waals surface area contributed by atoms with Crippen LogP contribution in [0.2, 0.25) is 0 Å². The van der Waals surface area contributed by atoms with Crippen LogP contribution < -0.4 is 5.32 Å². The smallest absolute Gasteiger partial charge is 0.324 e. The average molecular weight is 255 g/mol. The predicted octanol–water partition coefficient (Wildman–Crippen LogP) is 3.21. The third-order valence-electron chi connectivity index (χ3n) is 1.88. The molecule has 0 aliphatic rings. The third kappa shape index (κ3) is 2.20. The molecule has 0 aromatic carbocycles. The van der Waals surface area contributed by atoms with Gasteiger partial charge in [-0.3, -0.25) is 10.1 Å². The van der Waals surface area contributed by atoms with Gasteiger partial charge in [0.2, 0.25) is 0 Å². The zero-order valence-electron chi connectivity index (χ0n) is 8.47. The number of thiazole rings is 1. The molecule has 84 valence electrons. The minimum absolute atomic E-state index is 0.161. The zero-order valence-corrected chi connectivity index (χ0v) is 10.1. The fourth-order valence-electron chi connectivity index (χ4n) is 1.19. The fourth-order valence-corrected chi connectivity index (χ4v) is 2.86. The van der Waals surface area contributed by atoms with Crippen LogP contribution in [0, 0.1) is 10.1 Å². The van der Waals surface area contributed by atoms with E-state index in [9.17, 15) is 10.1 Å². The SMILES string of the molecule is CCNc1ncc(-c2csc([N+](=O)[O-])c2)s1. The van der Waals surface area contributed by atoms with Gasteiger partial charge in [0.1, 0.15) is 0 Å². The second-order valence-electron chi connectivity index (χ2n) is 2.99. The Morgan fingerprint density at radius 2 is 2.44 bits per heavy atom. The van der Waals surface area contributed by atoms with E-state index < -0.39 is 0 Å². The van der Waals surface area contributed by atoms with Crippen molar-refractivity contribution in [3.05, 3.63) is 27.8 Å². The summed E-state index contributed by atoms with van der Waals surface area (Å²) in [6.45, 7) is 2.81. The minimum atomic E-state index is -0.375. The Hall–Kier alpha value is -1.47. The quantitative estimate of drug-likeness (QED) is 0.672. The van der Waals surface area contributed by atoms with Crippen molar-refractivity contribution >= 4 is 32.8 Å². The van der Waals surface area contributed by atoms with E-state index in [-0.39, 0.29) is 9.92 Å². The second-order valence-corrected chi connectivity index (χ2v) is 4.91. The van der Waals surface area contributed by atoms with Crippen molar-refractivity contribution in [3.8, 4) is 10.4 Å². The van der Waals surface area contributed by atoms with Gasteiger partial charge in [-0.05, 0) is 6.92 Å². The van der Waals surface area contributed by atoms with Gasteiger partial charge in [-0.15, -0.1) is 0 Å². The molecule has 2 rings (SSSR count). The summed E-state index contributed by atoms with van der Waals surface area (Å²) in [5, 5.41) is 16.4. The number of hydrogen-bond donors (Lipinski definition) is 1. The van der Waals surface area contributed by atoms with Crippen LogP contribution >= 0.6 is 22.7 Å². The molecule has 0 bridgehead atoms. The third-order valence-corrected chi connectivity index (χ3v) is 3.77. The molecule has 0 aliphatic heterocycles. The Balaban J connectivity index is 2.24. The molecule has 16 heavy (non-hydrogen) atoms. The van der Waals surface area contributed by atoms with Crippen LogP contribution in [0.25, 0.3) is 10.4 Å². The van der Waals surface area contributed by atoms with Crippen molar-refractivity contribution in [1.29, 1.82) is 0 Å². The molecule has 0 unspecified atom stereocenters. The van der Waals surface area contributed by atoms with Gasteiger partial charge in [0.05, 0.1) is 9.80 Å². The maximum Gasteiger partial charge on any atom is 0.324 e. The Morgan fingerprint density at radius 3 is 3.06 bits per heavy atom.